The molecule has 0 radical (unpaired) electrons. The van der Waals surface area contributed by atoms with Crippen LogP contribution < -0.4 is 4.90 Å². The van der Waals surface area contributed by atoms with E-state index in [1.807, 2.05) is 24.3 Å². The number of anilines is 1. The molecule has 3 aliphatic carbocycles. The largest absolute Gasteiger partial charge is 0.507 e. The van der Waals surface area contributed by atoms with Gasteiger partial charge in [-0.25, -0.2) is 9.69 Å². The van der Waals surface area contributed by atoms with Crippen LogP contribution in [0.4, 0.5) is 5.69 Å². The molecule has 0 aromatic heterocycles. The van der Waals surface area contributed by atoms with Crippen molar-refractivity contribution in [3.63, 3.8) is 0 Å². The molecule has 0 saturated carbocycles. The Labute approximate surface area is 252 Å². The molecule has 2 amide bonds. The number of phenolic OH excluding ortho intramolecular Hbond substituents is 1. The number of carboxylic acid groups (broad SMARTS) is 1. The maximum atomic E-state index is 14.0. The summed E-state index contributed by atoms with van der Waals surface area (Å²) in [7, 11) is 0. The molecule has 3 N–H and O–H groups in total. The van der Waals surface area contributed by atoms with E-state index in [0.717, 1.165) is 22.4 Å². The van der Waals surface area contributed by atoms with E-state index < -0.39 is 47.2 Å². The minimum absolute atomic E-state index is 0.0306. The molecule has 3 aromatic rings. The minimum atomic E-state index is -1.35. The smallest absolute Gasteiger partial charge is 0.339 e. The first-order valence-electron chi connectivity index (χ1n) is 13.6. The van der Waals surface area contributed by atoms with Gasteiger partial charge in [0.25, 0.3) is 0 Å². The van der Waals surface area contributed by atoms with E-state index in [-0.39, 0.29) is 57.0 Å². The Morgan fingerprint density at radius 1 is 0.930 bits per heavy atom. The summed E-state index contributed by atoms with van der Waals surface area (Å²) >= 11 is 3.21. The van der Waals surface area contributed by atoms with Gasteiger partial charge in [-0.15, -0.1) is 0 Å². The molecule has 214 valence electrons. The van der Waals surface area contributed by atoms with Crippen molar-refractivity contribution in [1.29, 1.82) is 0 Å². The van der Waals surface area contributed by atoms with Gasteiger partial charge in [-0.1, -0.05) is 48.0 Å². The van der Waals surface area contributed by atoms with Gasteiger partial charge in [-0.05, 0) is 52.2 Å². The first-order valence-corrected chi connectivity index (χ1v) is 14.4. The predicted octanol–water partition coefficient (Wildman–Crippen LogP) is 4.92. The highest BCUT2D eigenvalue weighted by atomic mass is 79.9. The summed E-state index contributed by atoms with van der Waals surface area (Å²) in [5, 5.41) is 32.4. The molecular formula is C33H22BrNO8. The Hall–Kier alpha value is -4.83. The van der Waals surface area contributed by atoms with Crippen LogP contribution in [0.2, 0.25) is 0 Å². The number of aromatic carboxylic acids is 1. The van der Waals surface area contributed by atoms with Gasteiger partial charge in [0.2, 0.25) is 11.8 Å². The molecule has 43 heavy (non-hydrogen) atoms. The summed E-state index contributed by atoms with van der Waals surface area (Å²) in [6.07, 6.45) is 3.32. The highest BCUT2D eigenvalue weighted by Gasteiger charge is 2.57. The number of amides is 2. The number of allylic oxidation sites excluding steroid dienone is 6. The van der Waals surface area contributed by atoms with Crippen LogP contribution >= 0.6 is 15.9 Å². The number of phenols is 2. The second-order valence-corrected chi connectivity index (χ2v) is 12.0. The van der Waals surface area contributed by atoms with E-state index in [4.69, 9.17) is 0 Å². The first kappa shape index (κ1) is 27.0. The Morgan fingerprint density at radius 2 is 1.70 bits per heavy atom. The number of rotatable bonds is 3. The average Bonchev–Trinajstić information content (AvgIpc) is 3.24. The molecule has 0 bridgehead atoms. The summed E-state index contributed by atoms with van der Waals surface area (Å²) in [4.78, 5) is 67.0. The highest BCUT2D eigenvalue weighted by molar-refractivity contribution is 9.12. The molecular weight excluding hydrogens is 618 g/mol. The second kappa shape index (κ2) is 9.60. The Bertz CT molecular complexity index is 1950. The van der Waals surface area contributed by atoms with Crippen LogP contribution in [0.15, 0.2) is 88.0 Å². The molecule has 4 atom stereocenters. The third-order valence-electron chi connectivity index (χ3n) is 9.04. The van der Waals surface area contributed by atoms with Gasteiger partial charge in [0.1, 0.15) is 17.1 Å². The number of hydrogen-bond donors (Lipinski definition) is 3. The number of imide groups is 1. The Morgan fingerprint density at radius 3 is 2.44 bits per heavy atom. The number of carboxylic acids is 1. The number of fused-ring (bicyclic) bond motifs is 4. The number of nitrogens with zero attached hydrogens (tertiary/aromatic N) is 1. The first-order chi connectivity index (χ1) is 20.6. The fraction of sp³-hybridized carbons (Fsp3) is 0.182. The SMILES string of the molecule is O=C1C=C(Br)C(=O)C2=C1C(c1ccc3ccccc3c1O)C1=CCC3C(=O)N(c4ccc(C(=O)O)c(O)c4)C(=O)C3C1C2. The van der Waals surface area contributed by atoms with Gasteiger partial charge in [-0.2, -0.15) is 0 Å². The van der Waals surface area contributed by atoms with Gasteiger partial charge >= 0.3 is 5.97 Å². The molecule has 1 saturated heterocycles. The number of carbonyl (C=O) groups is 5. The van der Waals surface area contributed by atoms with E-state index in [1.54, 1.807) is 18.2 Å². The number of carbonyl (C=O) groups excluding carboxylic acids is 4. The lowest BCUT2D eigenvalue weighted by atomic mass is 9.59. The molecule has 1 heterocycles. The van der Waals surface area contributed by atoms with Crippen LogP contribution in [0.3, 0.4) is 0 Å². The summed E-state index contributed by atoms with van der Waals surface area (Å²) in [5.41, 5.74) is 1.28. The lowest BCUT2D eigenvalue weighted by Crippen LogP contribution is -2.39. The zero-order valence-corrected chi connectivity index (χ0v) is 23.9. The van der Waals surface area contributed by atoms with Crippen molar-refractivity contribution in [3.05, 3.63) is 99.1 Å². The van der Waals surface area contributed by atoms with Crippen molar-refractivity contribution in [2.75, 3.05) is 4.90 Å². The molecule has 1 fully saturated rings. The van der Waals surface area contributed by atoms with E-state index in [2.05, 4.69) is 15.9 Å². The molecule has 3 aromatic carbocycles. The van der Waals surface area contributed by atoms with Gasteiger partial charge in [-0.3, -0.25) is 19.2 Å². The van der Waals surface area contributed by atoms with Crippen molar-refractivity contribution < 1.29 is 39.3 Å². The third kappa shape index (κ3) is 3.86. The zero-order valence-electron chi connectivity index (χ0n) is 22.3. The lowest BCUT2D eigenvalue weighted by molar-refractivity contribution is -0.123. The van der Waals surface area contributed by atoms with E-state index in [1.165, 1.54) is 12.1 Å². The highest BCUT2D eigenvalue weighted by Crippen LogP contribution is 2.57. The Balaban J connectivity index is 1.37. The Kier molecular flexibility index (Phi) is 6.04. The average molecular weight is 640 g/mol. The second-order valence-electron chi connectivity index (χ2n) is 11.1. The minimum Gasteiger partial charge on any atom is -0.507 e. The monoisotopic (exact) mass is 639 g/mol. The summed E-state index contributed by atoms with van der Waals surface area (Å²) < 4.78 is 0.0990. The van der Waals surface area contributed by atoms with Crippen LogP contribution in [-0.4, -0.2) is 44.7 Å². The van der Waals surface area contributed by atoms with Crippen molar-refractivity contribution in [1.82, 2.24) is 0 Å². The molecule has 4 unspecified atom stereocenters. The molecule has 4 aliphatic rings. The van der Waals surface area contributed by atoms with Gasteiger partial charge in [0.15, 0.2) is 11.6 Å². The van der Waals surface area contributed by atoms with Crippen LogP contribution in [-0.2, 0) is 19.2 Å². The maximum absolute atomic E-state index is 14.0. The molecule has 9 nitrogen and oxygen atoms in total. The summed E-state index contributed by atoms with van der Waals surface area (Å²) in [6.45, 7) is 0. The lowest BCUT2D eigenvalue weighted by Gasteiger charge is -2.42. The van der Waals surface area contributed by atoms with Gasteiger partial charge in [0.05, 0.1) is 22.0 Å². The number of ketones is 2. The molecule has 10 heteroatoms. The molecule has 1 aliphatic heterocycles. The van der Waals surface area contributed by atoms with Crippen molar-refractivity contribution in [2.24, 2.45) is 17.8 Å². The van der Waals surface area contributed by atoms with Crippen molar-refractivity contribution in [2.45, 2.75) is 18.8 Å². The van der Waals surface area contributed by atoms with E-state index in [0.29, 0.717) is 16.5 Å². The summed E-state index contributed by atoms with van der Waals surface area (Å²) in [5.74, 6) is -6.84. The van der Waals surface area contributed by atoms with Crippen LogP contribution in [0.1, 0.15) is 34.7 Å². The standard InChI is InChI=1S/C33H22BrNO8/c34-23-13-25(37)28-22(30(23)39)12-21-17(26(28)19-7-5-14-3-1-2-4-16(14)29(19)38)9-10-20-27(21)32(41)35(31(20)40)15-6-8-18(33(42)43)24(36)11-15/h1-9,11,13,20-21,26-27,36,38H,10,12H2,(H,42,43). The maximum Gasteiger partial charge on any atom is 0.339 e. The predicted molar refractivity (Wildman–Crippen MR) is 158 cm³/mol. The number of aromatic hydroxyl groups is 2. The van der Waals surface area contributed by atoms with Crippen LogP contribution in [0.25, 0.3) is 10.8 Å². The van der Waals surface area contributed by atoms with E-state index in [9.17, 15) is 39.3 Å². The van der Waals surface area contributed by atoms with Crippen LogP contribution in [0.5, 0.6) is 11.5 Å². The molecule has 7 rings (SSSR count). The summed E-state index contributed by atoms with van der Waals surface area (Å²) in [6, 6.07) is 14.3. The van der Waals surface area contributed by atoms with Crippen molar-refractivity contribution in [3.8, 4) is 11.5 Å². The number of hydrogen-bond acceptors (Lipinski definition) is 7. The topological polar surface area (TPSA) is 149 Å². The number of Topliss-reactive ketones (excluding diaryl/α,β-unsaturated/α-hetero) is 1. The number of halogens is 1. The van der Waals surface area contributed by atoms with Crippen LogP contribution in [0, 0.1) is 17.8 Å². The van der Waals surface area contributed by atoms with Gasteiger partial charge in [0, 0.05) is 40.2 Å². The quantitative estimate of drug-likeness (QED) is 0.208. The fourth-order valence-electron chi connectivity index (χ4n) is 7.16. The fourth-order valence-corrected chi connectivity index (χ4v) is 7.61. The normalized spacial score (nSPS) is 24.9. The van der Waals surface area contributed by atoms with Gasteiger partial charge < -0.3 is 15.3 Å². The zero-order chi connectivity index (χ0) is 30.3. The molecule has 0 spiro atoms. The van der Waals surface area contributed by atoms with E-state index >= 15 is 0 Å². The number of benzene rings is 3. The third-order valence-corrected chi connectivity index (χ3v) is 9.63. The van der Waals surface area contributed by atoms with Crippen molar-refractivity contribution >= 4 is 61.7 Å².